The summed E-state index contributed by atoms with van der Waals surface area (Å²) in [7, 11) is 0. The molecule has 1 heterocycles. The summed E-state index contributed by atoms with van der Waals surface area (Å²) in [6.07, 6.45) is 1.84. The minimum atomic E-state index is -0.320. The molecule has 172 valence electrons. The maximum absolute atomic E-state index is 13.0. The number of halogens is 1. The molecular weight excluding hydrogens is 468 g/mol. The van der Waals surface area contributed by atoms with Crippen molar-refractivity contribution >= 4 is 57.3 Å². The molecule has 1 fully saturated rings. The average Bonchev–Trinajstić information content (AvgIpc) is 3.39. The zero-order valence-electron chi connectivity index (χ0n) is 18.4. The van der Waals surface area contributed by atoms with Crippen LogP contribution in [-0.2, 0) is 9.59 Å². The fraction of sp³-hybridized carbons (Fsp3) is 0.192. The Labute approximate surface area is 207 Å². The first kappa shape index (κ1) is 23.7. The Hall–Kier alpha value is -3.47. The van der Waals surface area contributed by atoms with Crippen LogP contribution in [0.4, 0.5) is 11.4 Å². The monoisotopic (exact) mass is 490 g/mol. The zero-order valence-corrected chi connectivity index (χ0v) is 20.0. The lowest BCUT2D eigenvalue weighted by molar-refractivity contribution is -0.125. The Morgan fingerprint density at radius 3 is 2.32 bits per heavy atom. The normalized spacial score (nSPS) is 13.8. The highest BCUT2D eigenvalue weighted by Gasteiger charge is 2.25. The molecule has 34 heavy (non-hydrogen) atoms. The predicted octanol–water partition coefficient (Wildman–Crippen LogP) is 5.63. The van der Waals surface area contributed by atoms with Gasteiger partial charge in [0, 0.05) is 29.5 Å². The average molecular weight is 491 g/mol. The molecule has 0 bridgehead atoms. The van der Waals surface area contributed by atoms with Crippen molar-refractivity contribution in [1.82, 2.24) is 4.90 Å². The highest BCUT2D eigenvalue weighted by molar-refractivity contribution is 8.03. The summed E-state index contributed by atoms with van der Waals surface area (Å²) in [4.78, 5) is 27.4. The van der Waals surface area contributed by atoms with E-state index in [1.54, 1.807) is 29.2 Å². The van der Waals surface area contributed by atoms with E-state index in [-0.39, 0.29) is 23.1 Å². The number of nitrogens with zero attached hydrogens (tertiary/aromatic N) is 2. The van der Waals surface area contributed by atoms with Gasteiger partial charge in [0.05, 0.1) is 10.8 Å². The molecule has 2 amide bonds. The lowest BCUT2D eigenvalue weighted by Gasteiger charge is -2.18. The number of fused-ring (bicyclic) bond motifs is 1. The number of rotatable bonds is 7. The van der Waals surface area contributed by atoms with E-state index in [1.807, 2.05) is 42.5 Å². The van der Waals surface area contributed by atoms with Crippen LogP contribution >= 0.6 is 23.4 Å². The first-order chi connectivity index (χ1) is 16.5. The number of nitriles is 1. The Balaban J connectivity index is 1.51. The number of amides is 2. The Morgan fingerprint density at radius 2 is 1.62 bits per heavy atom. The third-order valence-electron chi connectivity index (χ3n) is 5.43. The van der Waals surface area contributed by atoms with Gasteiger partial charge in [0.15, 0.2) is 0 Å². The van der Waals surface area contributed by atoms with Crippen LogP contribution < -0.4 is 10.6 Å². The van der Waals surface area contributed by atoms with Gasteiger partial charge in [-0.1, -0.05) is 53.7 Å². The minimum absolute atomic E-state index is 0.000329. The molecule has 1 saturated heterocycles. The summed E-state index contributed by atoms with van der Waals surface area (Å²) in [5, 5.41) is 18.9. The van der Waals surface area contributed by atoms with E-state index in [0.29, 0.717) is 34.5 Å². The summed E-state index contributed by atoms with van der Waals surface area (Å²) in [5.74, 6) is -0.526. The minimum Gasteiger partial charge on any atom is -0.349 e. The van der Waals surface area contributed by atoms with Gasteiger partial charge in [-0.3, -0.25) is 9.59 Å². The highest BCUT2D eigenvalue weighted by Crippen LogP contribution is 2.26. The van der Waals surface area contributed by atoms with Crippen LogP contribution in [0.25, 0.3) is 10.8 Å². The second-order valence-electron chi connectivity index (χ2n) is 7.85. The summed E-state index contributed by atoms with van der Waals surface area (Å²) in [6.45, 7) is 1.26. The molecular formula is C26H23ClN4O2S. The fourth-order valence-corrected chi connectivity index (χ4v) is 4.65. The van der Waals surface area contributed by atoms with Crippen molar-refractivity contribution in [2.24, 2.45) is 0 Å². The van der Waals surface area contributed by atoms with Crippen molar-refractivity contribution in [2.45, 2.75) is 12.8 Å². The van der Waals surface area contributed by atoms with Crippen molar-refractivity contribution < 1.29 is 9.59 Å². The first-order valence-electron chi connectivity index (χ1n) is 10.9. The quantitative estimate of drug-likeness (QED) is 0.331. The molecule has 0 aromatic heterocycles. The van der Waals surface area contributed by atoms with Crippen LogP contribution in [0.5, 0.6) is 0 Å². The first-order valence-corrected chi connectivity index (χ1v) is 12.3. The maximum Gasteiger partial charge on any atom is 0.267 e. The number of benzene rings is 3. The van der Waals surface area contributed by atoms with Crippen LogP contribution in [0.1, 0.15) is 12.8 Å². The van der Waals surface area contributed by atoms with E-state index < -0.39 is 0 Å². The van der Waals surface area contributed by atoms with Gasteiger partial charge in [0.25, 0.3) is 5.91 Å². The number of carbonyl (C=O) groups excluding carboxylic acids is 2. The molecule has 1 aliphatic heterocycles. The topological polar surface area (TPSA) is 85.2 Å². The van der Waals surface area contributed by atoms with Crippen molar-refractivity contribution in [1.29, 1.82) is 5.26 Å². The van der Waals surface area contributed by atoms with Gasteiger partial charge in [-0.25, -0.2) is 0 Å². The maximum atomic E-state index is 13.0. The summed E-state index contributed by atoms with van der Waals surface area (Å²) >= 11 is 7.10. The van der Waals surface area contributed by atoms with Gasteiger partial charge in [-0.15, -0.1) is 0 Å². The van der Waals surface area contributed by atoms with Crippen LogP contribution in [0.2, 0.25) is 5.02 Å². The van der Waals surface area contributed by atoms with Gasteiger partial charge >= 0.3 is 0 Å². The lowest BCUT2D eigenvalue weighted by atomic mass is 10.1. The van der Waals surface area contributed by atoms with E-state index in [9.17, 15) is 14.9 Å². The number of thioether (sulfide) groups is 1. The smallest absolute Gasteiger partial charge is 0.267 e. The third-order valence-corrected chi connectivity index (χ3v) is 6.68. The van der Waals surface area contributed by atoms with Crippen LogP contribution in [0.15, 0.2) is 77.3 Å². The van der Waals surface area contributed by atoms with Crippen molar-refractivity contribution in [3.63, 3.8) is 0 Å². The van der Waals surface area contributed by atoms with Gasteiger partial charge in [0.1, 0.15) is 11.6 Å². The molecule has 0 saturated carbocycles. The van der Waals surface area contributed by atoms with E-state index in [1.165, 1.54) is 0 Å². The highest BCUT2D eigenvalue weighted by atomic mass is 35.5. The lowest BCUT2D eigenvalue weighted by Crippen LogP contribution is -2.30. The molecule has 4 rings (SSSR count). The van der Waals surface area contributed by atoms with Crippen molar-refractivity contribution in [3.8, 4) is 6.07 Å². The van der Waals surface area contributed by atoms with Crippen molar-refractivity contribution in [2.75, 3.05) is 29.5 Å². The molecule has 0 radical (unpaired) electrons. The molecule has 0 spiro atoms. The molecule has 3 aromatic rings. The Bertz CT molecular complexity index is 1280. The molecule has 1 aliphatic rings. The molecule has 0 aliphatic carbocycles. The number of likely N-dealkylation sites (tertiary alicyclic amines) is 1. The molecule has 2 N–H and O–H groups in total. The van der Waals surface area contributed by atoms with Gasteiger partial charge in [0.2, 0.25) is 5.91 Å². The molecule has 6 nitrogen and oxygen atoms in total. The van der Waals surface area contributed by atoms with E-state index in [2.05, 4.69) is 16.7 Å². The summed E-state index contributed by atoms with van der Waals surface area (Å²) < 4.78 is 0. The van der Waals surface area contributed by atoms with Gasteiger partial charge in [-0.2, -0.15) is 5.26 Å². The van der Waals surface area contributed by atoms with E-state index in [4.69, 9.17) is 11.6 Å². The number of hydrogen-bond acceptors (Lipinski definition) is 5. The number of anilines is 2. The molecule has 0 atom stereocenters. The fourth-order valence-electron chi connectivity index (χ4n) is 3.71. The molecule has 0 unspecified atom stereocenters. The van der Waals surface area contributed by atoms with E-state index >= 15 is 0 Å². The number of nitrogens with one attached hydrogen (secondary N) is 2. The number of carbonyl (C=O) groups is 2. The van der Waals surface area contributed by atoms with Crippen LogP contribution in [0, 0.1) is 11.3 Å². The number of hydrogen-bond donors (Lipinski definition) is 2. The van der Waals surface area contributed by atoms with Crippen molar-refractivity contribution in [3.05, 3.63) is 82.4 Å². The largest absolute Gasteiger partial charge is 0.349 e. The van der Waals surface area contributed by atoms with Gasteiger partial charge in [-0.05, 0) is 60.0 Å². The SMILES string of the molecule is N#C/C(C(=O)N1CCCC1)=C(/Nc1ccc(Cl)cc1)SCC(=O)Nc1ccc2ccccc2c1. The molecule has 8 heteroatoms. The second-order valence-corrected chi connectivity index (χ2v) is 9.27. The second kappa shape index (κ2) is 11.1. The summed E-state index contributed by atoms with van der Waals surface area (Å²) in [5.41, 5.74) is 1.36. The standard InChI is InChI=1S/C26H23ClN4O2S/c27-20-8-11-21(12-9-20)30-25(23(16-28)26(33)31-13-3-4-14-31)34-17-24(32)29-22-10-7-18-5-1-2-6-19(18)15-22/h1-2,5-12,15,30H,3-4,13-14,17H2,(H,29,32)/b25-23+. The summed E-state index contributed by atoms with van der Waals surface area (Å²) in [6, 6.07) is 22.6. The molecule has 3 aromatic carbocycles. The Kier molecular flexibility index (Phi) is 7.73. The Morgan fingerprint density at radius 1 is 0.941 bits per heavy atom. The van der Waals surface area contributed by atoms with Crippen LogP contribution in [0.3, 0.4) is 0 Å². The van der Waals surface area contributed by atoms with E-state index in [0.717, 1.165) is 35.4 Å². The third kappa shape index (κ3) is 5.90. The predicted molar refractivity (Wildman–Crippen MR) is 139 cm³/mol. The zero-order chi connectivity index (χ0) is 23.9. The van der Waals surface area contributed by atoms with Crippen LogP contribution in [-0.4, -0.2) is 35.6 Å². The van der Waals surface area contributed by atoms with Gasteiger partial charge < -0.3 is 15.5 Å².